The summed E-state index contributed by atoms with van der Waals surface area (Å²) in [6.45, 7) is 2.91. The van der Waals surface area contributed by atoms with Gasteiger partial charge in [0, 0.05) is 26.6 Å². The number of para-hydroxylation sites is 2. The van der Waals surface area contributed by atoms with Crippen molar-refractivity contribution in [1.82, 2.24) is 14.5 Å². The van der Waals surface area contributed by atoms with Crippen molar-refractivity contribution in [3.05, 3.63) is 70.1 Å². The fourth-order valence-corrected chi connectivity index (χ4v) is 2.88. The summed E-state index contributed by atoms with van der Waals surface area (Å²) >= 11 is 0. The summed E-state index contributed by atoms with van der Waals surface area (Å²) in [7, 11) is 1.75. The average Bonchev–Trinajstić information content (AvgIpc) is 2.84. The Bertz CT molecular complexity index is 937. The van der Waals surface area contributed by atoms with Crippen LogP contribution in [0.5, 0.6) is 0 Å². The molecule has 0 fully saturated rings. The zero-order valence-corrected chi connectivity index (χ0v) is 14.0. The molecular formula is C19H21N3O2. The first kappa shape index (κ1) is 16.1. The fourth-order valence-electron chi connectivity index (χ4n) is 2.88. The van der Waals surface area contributed by atoms with Crippen LogP contribution >= 0.6 is 0 Å². The van der Waals surface area contributed by atoms with Gasteiger partial charge in [0.05, 0.1) is 11.0 Å². The van der Waals surface area contributed by atoms with Gasteiger partial charge in [0.15, 0.2) is 0 Å². The van der Waals surface area contributed by atoms with E-state index in [0.717, 1.165) is 22.2 Å². The first-order valence-electron chi connectivity index (χ1n) is 8.03. The molecule has 2 aromatic carbocycles. The van der Waals surface area contributed by atoms with Crippen molar-refractivity contribution in [1.29, 1.82) is 0 Å². The van der Waals surface area contributed by atoms with E-state index in [0.29, 0.717) is 13.1 Å². The number of benzene rings is 2. The van der Waals surface area contributed by atoms with E-state index >= 15 is 0 Å². The summed E-state index contributed by atoms with van der Waals surface area (Å²) in [5.74, 6) is -0.0573. The van der Waals surface area contributed by atoms with Crippen LogP contribution in [0, 0.1) is 6.92 Å². The smallest absolute Gasteiger partial charge is 0.328 e. The van der Waals surface area contributed by atoms with Crippen molar-refractivity contribution in [3.63, 3.8) is 0 Å². The number of amides is 1. The molecule has 0 aliphatic carbocycles. The fraction of sp³-hybridized carbons (Fsp3) is 0.263. The first-order chi connectivity index (χ1) is 11.6. The van der Waals surface area contributed by atoms with Crippen molar-refractivity contribution in [2.75, 3.05) is 0 Å². The molecule has 0 spiro atoms. The predicted molar refractivity (Wildman–Crippen MR) is 94.8 cm³/mol. The molecule has 0 atom stereocenters. The molecule has 3 rings (SSSR count). The van der Waals surface area contributed by atoms with E-state index in [1.807, 2.05) is 55.5 Å². The Labute approximate surface area is 140 Å². The number of hydrogen-bond donors (Lipinski definition) is 1. The van der Waals surface area contributed by atoms with E-state index in [1.165, 1.54) is 0 Å². The molecule has 1 amide bonds. The normalized spacial score (nSPS) is 10.9. The number of hydrogen-bond acceptors (Lipinski definition) is 2. The Morgan fingerprint density at radius 1 is 1.04 bits per heavy atom. The number of imidazole rings is 1. The molecule has 0 bridgehead atoms. The van der Waals surface area contributed by atoms with E-state index in [4.69, 9.17) is 0 Å². The van der Waals surface area contributed by atoms with Crippen molar-refractivity contribution >= 4 is 16.9 Å². The van der Waals surface area contributed by atoms with E-state index in [1.54, 1.807) is 16.2 Å². The van der Waals surface area contributed by atoms with E-state index in [2.05, 4.69) is 5.32 Å². The Morgan fingerprint density at radius 2 is 1.71 bits per heavy atom. The minimum atomic E-state index is -0.0945. The molecule has 0 aliphatic heterocycles. The number of aromatic nitrogens is 2. The number of carbonyl (C=O) groups is 1. The van der Waals surface area contributed by atoms with Crippen LogP contribution in [0.1, 0.15) is 17.5 Å². The number of carbonyl (C=O) groups excluding carboxylic acids is 1. The highest BCUT2D eigenvalue weighted by atomic mass is 16.2. The first-order valence-corrected chi connectivity index (χ1v) is 8.03. The second-order valence-corrected chi connectivity index (χ2v) is 5.94. The van der Waals surface area contributed by atoms with Crippen molar-refractivity contribution in [3.8, 4) is 0 Å². The molecule has 124 valence electrons. The molecule has 0 aliphatic rings. The predicted octanol–water partition coefficient (Wildman–Crippen LogP) is 2.35. The standard InChI is InChI=1S/C19H21N3O2/c1-14-7-3-4-8-15(14)13-20-18(23)11-12-22-17-10-6-5-9-16(17)21(2)19(22)24/h3-10H,11-13H2,1-2H3,(H,20,23). The minimum Gasteiger partial charge on any atom is -0.352 e. The van der Waals surface area contributed by atoms with Crippen LogP contribution in [-0.4, -0.2) is 15.0 Å². The van der Waals surface area contributed by atoms with Gasteiger partial charge in [0.25, 0.3) is 0 Å². The maximum absolute atomic E-state index is 12.3. The number of nitrogens with zero attached hydrogens (tertiary/aromatic N) is 2. The highest BCUT2D eigenvalue weighted by molar-refractivity contribution is 5.77. The van der Waals surface area contributed by atoms with Gasteiger partial charge in [-0.05, 0) is 30.2 Å². The molecule has 5 heteroatoms. The molecule has 0 saturated heterocycles. The lowest BCUT2D eigenvalue weighted by atomic mass is 10.1. The molecule has 0 radical (unpaired) electrons. The summed E-state index contributed by atoms with van der Waals surface area (Å²) in [5.41, 5.74) is 3.90. The third-order valence-corrected chi connectivity index (χ3v) is 4.35. The highest BCUT2D eigenvalue weighted by Gasteiger charge is 2.11. The van der Waals surface area contributed by atoms with Crippen LogP contribution in [0.15, 0.2) is 53.3 Å². The van der Waals surface area contributed by atoms with Gasteiger partial charge in [-0.15, -0.1) is 0 Å². The van der Waals surface area contributed by atoms with Crippen LogP contribution in [0.25, 0.3) is 11.0 Å². The topological polar surface area (TPSA) is 56.0 Å². The lowest BCUT2D eigenvalue weighted by molar-refractivity contribution is -0.121. The van der Waals surface area contributed by atoms with Crippen LogP contribution in [-0.2, 0) is 24.9 Å². The van der Waals surface area contributed by atoms with Gasteiger partial charge >= 0.3 is 5.69 Å². The number of fused-ring (bicyclic) bond motifs is 1. The van der Waals surface area contributed by atoms with Gasteiger partial charge in [-0.3, -0.25) is 13.9 Å². The van der Waals surface area contributed by atoms with Gasteiger partial charge in [0.1, 0.15) is 0 Å². The number of nitrogens with one attached hydrogen (secondary N) is 1. The summed E-state index contributed by atoms with van der Waals surface area (Å²) in [6.07, 6.45) is 0.278. The molecule has 3 aromatic rings. The quantitative estimate of drug-likeness (QED) is 0.783. The van der Waals surface area contributed by atoms with E-state index < -0.39 is 0 Å². The number of aryl methyl sites for hydroxylation is 3. The van der Waals surface area contributed by atoms with Crippen LogP contribution in [0.4, 0.5) is 0 Å². The molecule has 5 nitrogen and oxygen atoms in total. The largest absolute Gasteiger partial charge is 0.352 e. The van der Waals surface area contributed by atoms with Crippen molar-refractivity contribution in [2.24, 2.45) is 7.05 Å². The van der Waals surface area contributed by atoms with Gasteiger partial charge < -0.3 is 5.32 Å². The monoisotopic (exact) mass is 323 g/mol. The molecule has 0 unspecified atom stereocenters. The van der Waals surface area contributed by atoms with Gasteiger partial charge in [-0.25, -0.2) is 4.79 Å². The molecule has 0 saturated carbocycles. The zero-order valence-electron chi connectivity index (χ0n) is 14.0. The Hall–Kier alpha value is -2.82. The van der Waals surface area contributed by atoms with Crippen LogP contribution in [0.2, 0.25) is 0 Å². The molecule has 1 N–H and O–H groups in total. The Balaban J connectivity index is 1.66. The lowest BCUT2D eigenvalue weighted by Crippen LogP contribution is -2.27. The summed E-state index contributed by atoms with van der Waals surface area (Å²) < 4.78 is 3.27. The van der Waals surface area contributed by atoms with Gasteiger partial charge in [-0.1, -0.05) is 36.4 Å². The van der Waals surface area contributed by atoms with E-state index in [-0.39, 0.29) is 18.0 Å². The van der Waals surface area contributed by atoms with Crippen molar-refractivity contribution < 1.29 is 4.79 Å². The summed E-state index contributed by atoms with van der Waals surface area (Å²) in [5, 5.41) is 2.92. The molecule has 24 heavy (non-hydrogen) atoms. The van der Waals surface area contributed by atoms with Gasteiger partial charge in [0.2, 0.25) is 5.91 Å². The SMILES string of the molecule is Cc1ccccc1CNC(=O)CCn1c(=O)n(C)c2ccccc21. The Kier molecular flexibility index (Phi) is 4.51. The maximum atomic E-state index is 12.3. The average molecular weight is 323 g/mol. The van der Waals surface area contributed by atoms with Gasteiger partial charge in [-0.2, -0.15) is 0 Å². The third kappa shape index (κ3) is 3.11. The number of rotatable bonds is 5. The minimum absolute atomic E-state index is 0.0573. The Morgan fingerprint density at radius 3 is 2.46 bits per heavy atom. The van der Waals surface area contributed by atoms with Crippen LogP contribution < -0.4 is 11.0 Å². The maximum Gasteiger partial charge on any atom is 0.328 e. The van der Waals surface area contributed by atoms with E-state index in [9.17, 15) is 9.59 Å². The second-order valence-electron chi connectivity index (χ2n) is 5.94. The second kappa shape index (κ2) is 6.74. The zero-order chi connectivity index (χ0) is 17.1. The molecule has 1 aromatic heterocycles. The highest BCUT2D eigenvalue weighted by Crippen LogP contribution is 2.12. The molecular weight excluding hydrogens is 302 g/mol. The molecule has 1 heterocycles. The summed E-state index contributed by atoms with van der Waals surface area (Å²) in [6, 6.07) is 15.6. The third-order valence-electron chi connectivity index (χ3n) is 4.35. The van der Waals surface area contributed by atoms with Crippen molar-refractivity contribution in [2.45, 2.75) is 26.4 Å². The summed E-state index contributed by atoms with van der Waals surface area (Å²) in [4.78, 5) is 24.4. The lowest BCUT2D eigenvalue weighted by Gasteiger charge is -2.08. The van der Waals surface area contributed by atoms with Crippen LogP contribution in [0.3, 0.4) is 0 Å².